The molecule has 0 aromatic heterocycles. The summed E-state index contributed by atoms with van der Waals surface area (Å²) in [6.07, 6.45) is 2.90. The van der Waals surface area contributed by atoms with E-state index < -0.39 is 24.0 Å². The van der Waals surface area contributed by atoms with Crippen LogP contribution in [0.4, 0.5) is 17.1 Å². The van der Waals surface area contributed by atoms with Crippen LogP contribution in [0.3, 0.4) is 0 Å². The molecule has 1 heterocycles. The Balaban J connectivity index is 1.31. The van der Waals surface area contributed by atoms with E-state index in [1.165, 1.54) is 11.0 Å². The molecule has 1 fully saturated rings. The average Bonchev–Trinajstić information content (AvgIpc) is 3.39. The number of fused-ring (bicyclic) bond motifs is 1. The van der Waals surface area contributed by atoms with Crippen LogP contribution in [0.5, 0.6) is 0 Å². The highest BCUT2D eigenvalue weighted by Crippen LogP contribution is 2.45. The van der Waals surface area contributed by atoms with Crippen molar-refractivity contribution in [2.24, 2.45) is 0 Å². The summed E-state index contributed by atoms with van der Waals surface area (Å²) < 4.78 is 5.42. The lowest BCUT2D eigenvalue weighted by atomic mass is 9.90. The molecule has 3 amide bonds. The molecule has 0 unspecified atom stereocenters. The van der Waals surface area contributed by atoms with E-state index in [-0.39, 0.29) is 23.8 Å². The van der Waals surface area contributed by atoms with Crippen LogP contribution < -0.4 is 15.5 Å². The molecular weight excluding hydrogens is 470 g/mol. The molecule has 5 rings (SSSR count). The zero-order valence-electron chi connectivity index (χ0n) is 20.2. The third kappa shape index (κ3) is 4.82. The van der Waals surface area contributed by atoms with Crippen molar-refractivity contribution in [2.45, 2.75) is 37.6 Å². The van der Waals surface area contributed by atoms with Gasteiger partial charge in [0.2, 0.25) is 5.91 Å². The van der Waals surface area contributed by atoms with Gasteiger partial charge in [0.15, 0.2) is 6.61 Å². The van der Waals surface area contributed by atoms with Gasteiger partial charge in [-0.2, -0.15) is 0 Å². The zero-order chi connectivity index (χ0) is 25.8. The highest BCUT2D eigenvalue weighted by Gasteiger charge is 2.52. The molecule has 0 atom stereocenters. The summed E-state index contributed by atoms with van der Waals surface area (Å²) in [5.74, 6) is -1.70. The quantitative estimate of drug-likeness (QED) is 0.494. The Morgan fingerprint density at radius 3 is 2.35 bits per heavy atom. The minimum Gasteiger partial charge on any atom is -0.452 e. The first-order valence-corrected chi connectivity index (χ1v) is 12.3. The SMILES string of the molecule is O=C(Cc1ccccc1)Nc1ccccc1C(=O)OCC(=O)N1c2ccccc2NC(=O)C12CCCC2. The number of nitrogens with zero attached hydrogens (tertiary/aromatic N) is 1. The summed E-state index contributed by atoms with van der Waals surface area (Å²) in [6.45, 7) is -0.533. The normalized spacial score (nSPS) is 15.6. The van der Waals surface area contributed by atoms with Crippen LogP contribution in [0.2, 0.25) is 0 Å². The van der Waals surface area contributed by atoms with Crippen molar-refractivity contribution in [2.75, 3.05) is 22.1 Å². The molecular formula is C29H27N3O5. The van der Waals surface area contributed by atoms with Crippen LogP contribution in [-0.4, -0.2) is 35.8 Å². The second-order valence-electron chi connectivity index (χ2n) is 9.27. The molecule has 188 valence electrons. The molecule has 1 saturated carbocycles. The van der Waals surface area contributed by atoms with E-state index in [2.05, 4.69) is 10.6 Å². The number of esters is 1. The fourth-order valence-electron chi connectivity index (χ4n) is 5.14. The van der Waals surface area contributed by atoms with Gasteiger partial charge in [-0.1, -0.05) is 67.4 Å². The second-order valence-corrected chi connectivity index (χ2v) is 9.27. The number of anilines is 3. The number of nitrogens with one attached hydrogen (secondary N) is 2. The van der Waals surface area contributed by atoms with Gasteiger partial charge in [0.25, 0.3) is 11.8 Å². The van der Waals surface area contributed by atoms with E-state index in [0.717, 1.165) is 18.4 Å². The van der Waals surface area contributed by atoms with E-state index in [0.29, 0.717) is 29.9 Å². The molecule has 8 nitrogen and oxygen atoms in total. The Hall–Kier alpha value is -4.46. The lowest BCUT2D eigenvalue weighted by Crippen LogP contribution is -2.61. The standard InChI is InChI=1S/C29H27N3O5/c33-25(18-20-10-2-1-3-11-20)30-22-13-5-4-12-21(22)27(35)37-19-26(34)32-24-15-7-6-14-23(24)31-28(36)29(32)16-8-9-17-29/h1-7,10-15H,8-9,16-19H2,(H,30,33)(H,31,36). The number of ether oxygens (including phenoxy) is 1. The number of hydrogen-bond acceptors (Lipinski definition) is 5. The third-order valence-electron chi connectivity index (χ3n) is 6.88. The summed E-state index contributed by atoms with van der Waals surface area (Å²) in [7, 11) is 0. The van der Waals surface area contributed by atoms with Crippen LogP contribution >= 0.6 is 0 Å². The van der Waals surface area contributed by atoms with Gasteiger partial charge >= 0.3 is 5.97 Å². The lowest BCUT2D eigenvalue weighted by molar-refractivity contribution is -0.129. The van der Waals surface area contributed by atoms with Crippen LogP contribution in [0, 0.1) is 0 Å². The molecule has 1 spiro atoms. The van der Waals surface area contributed by atoms with E-state index in [1.807, 2.05) is 30.3 Å². The molecule has 3 aromatic carbocycles. The zero-order valence-corrected chi connectivity index (χ0v) is 20.2. The summed E-state index contributed by atoms with van der Waals surface area (Å²) in [6, 6.07) is 22.9. The second kappa shape index (κ2) is 10.3. The Morgan fingerprint density at radius 2 is 1.57 bits per heavy atom. The number of hydrogen-bond donors (Lipinski definition) is 2. The smallest absolute Gasteiger partial charge is 0.340 e. The van der Waals surface area contributed by atoms with E-state index in [9.17, 15) is 19.2 Å². The minimum atomic E-state index is -0.985. The summed E-state index contributed by atoms with van der Waals surface area (Å²) in [4.78, 5) is 53.6. The van der Waals surface area contributed by atoms with Crippen molar-refractivity contribution in [1.29, 1.82) is 0 Å². The molecule has 2 N–H and O–H groups in total. The largest absolute Gasteiger partial charge is 0.452 e. The Labute approximate surface area is 214 Å². The summed E-state index contributed by atoms with van der Waals surface area (Å²) in [5.41, 5.74) is 1.45. The molecule has 1 aliphatic carbocycles. The average molecular weight is 498 g/mol. The highest BCUT2D eigenvalue weighted by atomic mass is 16.5. The van der Waals surface area contributed by atoms with E-state index in [1.54, 1.807) is 42.5 Å². The van der Waals surface area contributed by atoms with Gasteiger partial charge < -0.3 is 15.4 Å². The number of amides is 3. The summed E-state index contributed by atoms with van der Waals surface area (Å²) >= 11 is 0. The van der Waals surface area contributed by atoms with Crippen LogP contribution in [0.25, 0.3) is 0 Å². The van der Waals surface area contributed by atoms with E-state index in [4.69, 9.17) is 4.74 Å². The Bertz CT molecular complexity index is 1350. The highest BCUT2D eigenvalue weighted by molar-refractivity contribution is 6.15. The molecule has 1 aliphatic heterocycles. The number of rotatable bonds is 6. The van der Waals surface area contributed by atoms with Gasteiger partial charge in [0.05, 0.1) is 29.0 Å². The molecule has 37 heavy (non-hydrogen) atoms. The number of carbonyl (C=O) groups is 4. The lowest BCUT2D eigenvalue weighted by Gasteiger charge is -2.44. The predicted molar refractivity (Wildman–Crippen MR) is 139 cm³/mol. The fraction of sp³-hybridized carbons (Fsp3) is 0.241. The van der Waals surface area contributed by atoms with Crippen LogP contribution in [0.1, 0.15) is 41.6 Å². The molecule has 3 aromatic rings. The maximum atomic E-state index is 13.5. The van der Waals surface area contributed by atoms with Gasteiger partial charge in [-0.15, -0.1) is 0 Å². The van der Waals surface area contributed by atoms with Crippen molar-refractivity contribution < 1.29 is 23.9 Å². The topological polar surface area (TPSA) is 105 Å². The molecule has 0 bridgehead atoms. The van der Waals surface area contributed by atoms with Crippen LogP contribution in [-0.2, 0) is 25.5 Å². The molecule has 8 heteroatoms. The first-order valence-electron chi connectivity index (χ1n) is 12.3. The molecule has 0 saturated heterocycles. The van der Waals surface area contributed by atoms with Gasteiger partial charge in [-0.05, 0) is 42.7 Å². The fourth-order valence-corrected chi connectivity index (χ4v) is 5.14. The van der Waals surface area contributed by atoms with E-state index >= 15 is 0 Å². The van der Waals surface area contributed by atoms with Gasteiger partial charge in [0, 0.05) is 0 Å². The van der Waals surface area contributed by atoms with Crippen molar-refractivity contribution >= 4 is 40.8 Å². The predicted octanol–water partition coefficient (Wildman–Crippen LogP) is 4.32. The molecule has 0 radical (unpaired) electrons. The minimum absolute atomic E-state index is 0.143. The Kier molecular flexibility index (Phi) is 6.72. The maximum absolute atomic E-state index is 13.5. The Morgan fingerprint density at radius 1 is 0.892 bits per heavy atom. The number of carbonyl (C=O) groups excluding carboxylic acids is 4. The van der Waals surface area contributed by atoms with Gasteiger partial charge in [-0.3, -0.25) is 19.3 Å². The van der Waals surface area contributed by atoms with Gasteiger partial charge in [0.1, 0.15) is 5.54 Å². The summed E-state index contributed by atoms with van der Waals surface area (Å²) in [5, 5.41) is 5.69. The number of benzene rings is 3. The third-order valence-corrected chi connectivity index (χ3v) is 6.88. The first-order chi connectivity index (χ1) is 18.0. The van der Waals surface area contributed by atoms with Crippen molar-refractivity contribution in [3.05, 3.63) is 90.0 Å². The maximum Gasteiger partial charge on any atom is 0.340 e. The van der Waals surface area contributed by atoms with Crippen molar-refractivity contribution in [1.82, 2.24) is 0 Å². The molecule has 2 aliphatic rings. The van der Waals surface area contributed by atoms with Crippen molar-refractivity contribution in [3.63, 3.8) is 0 Å². The monoisotopic (exact) mass is 497 g/mol. The number of para-hydroxylation sites is 3. The van der Waals surface area contributed by atoms with Crippen LogP contribution in [0.15, 0.2) is 78.9 Å². The van der Waals surface area contributed by atoms with Crippen molar-refractivity contribution in [3.8, 4) is 0 Å². The first kappa shape index (κ1) is 24.2. The van der Waals surface area contributed by atoms with Gasteiger partial charge in [-0.25, -0.2) is 4.79 Å².